The third kappa shape index (κ3) is 10.4. The molecule has 1 atom stereocenters. The minimum atomic E-state index is -0.218. The predicted molar refractivity (Wildman–Crippen MR) is 73.1 cm³/mol. The molecule has 0 aromatic rings. The summed E-state index contributed by atoms with van der Waals surface area (Å²) in [7, 11) is 0. The average Bonchev–Trinajstić information content (AvgIpc) is 2.26. The summed E-state index contributed by atoms with van der Waals surface area (Å²) in [5.41, 5.74) is 5.65. The Bertz CT molecular complexity index is 162. The van der Waals surface area contributed by atoms with E-state index in [1.54, 1.807) is 0 Å². The second-order valence-electron chi connectivity index (χ2n) is 4.35. The van der Waals surface area contributed by atoms with Crippen LogP contribution in [-0.2, 0) is 4.79 Å². The minimum absolute atomic E-state index is 0. The van der Waals surface area contributed by atoms with Crippen molar-refractivity contribution in [3.8, 4) is 0 Å². The van der Waals surface area contributed by atoms with Gasteiger partial charge in [-0.3, -0.25) is 4.79 Å². The second kappa shape index (κ2) is 13.0. The number of hydrogen-bond acceptors (Lipinski definition) is 2. The van der Waals surface area contributed by atoms with Crippen molar-refractivity contribution >= 4 is 18.2 Å². The second-order valence-corrected chi connectivity index (χ2v) is 4.35. The van der Waals surface area contributed by atoms with Crippen molar-refractivity contribution in [3.63, 3.8) is 0 Å². The first-order valence-electron chi connectivity index (χ1n) is 6.50. The van der Waals surface area contributed by atoms with E-state index in [0.29, 0.717) is 6.42 Å². The van der Waals surface area contributed by atoms with Gasteiger partial charge < -0.3 is 5.73 Å². The molecule has 16 heavy (non-hydrogen) atoms. The van der Waals surface area contributed by atoms with E-state index < -0.39 is 0 Å². The van der Waals surface area contributed by atoms with Gasteiger partial charge in [0.1, 0.15) is 5.78 Å². The molecule has 98 valence electrons. The fourth-order valence-electron chi connectivity index (χ4n) is 1.67. The first-order valence-corrected chi connectivity index (χ1v) is 6.50. The van der Waals surface area contributed by atoms with Gasteiger partial charge in [0.15, 0.2) is 0 Å². The molecule has 0 spiro atoms. The molecule has 0 aliphatic rings. The highest BCUT2D eigenvalue weighted by Gasteiger charge is 2.09. The number of carbonyl (C=O) groups is 1. The van der Waals surface area contributed by atoms with Gasteiger partial charge in [0.2, 0.25) is 0 Å². The maximum absolute atomic E-state index is 11.4. The number of Topliss-reactive ketones (excluding diaryl/α,β-unsaturated/α-hetero) is 1. The Balaban J connectivity index is 0. The molecule has 0 saturated heterocycles. The van der Waals surface area contributed by atoms with E-state index in [9.17, 15) is 4.79 Å². The molecule has 0 aliphatic carbocycles. The van der Waals surface area contributed by atoms with Crippen LogP contribution in [0.1, 0.15) is 71.6 Å². The van der Waals surface area contributed by atoms with Crippen LogP contribution in [0.2, 0.25) is 0 Å². The van der Waals surface area contributed by atoms with Crippen LogP contribution in [0.4, 0.5) is 0 Å². The smallest absolute Gasteiger partial charge is 0.149 e. The van der Waals surface area contributed by atoms with Gasteiger partial charge in [-0.05, 0) is 12.8 Å². The molecule has 0 fully saturated rings. The van der Waals surface area contributed by atoms with Crippen molar-refractivity contribution in [1.82, 2.24) is 0 Å². The Kier molecular flexibility index (Phi) is 14.8. The molecular weight excluding hydrogens is 222 g/mol. The summed E-state index contributed by atoms with van der Waals surface area (Å²) < 4.78 is 0. The number of rotatable bonds is 10. The van der Waals surface area contributed by atoms with Crippen molar-refractivity contribution in [1.29, 1.82) is 0 Å². The molecule has 0 rings (SSSR count). The summed E-state index contributed by atoms with van der Waals surface area (Å²) in [5.74, 6) is 0.242. The summed E-state index contributed by atoms with van der Waals surface area (Å²) in [6.45, 7) is 4.19. The van der Waals surface area contributed by atoms with Crippen molar-refractivity contribution in [3.05, 3.63) is 0 Å². The van der Waals surface area contributed by atoms with Crippen molar-refractivity contribution < 1.29 is 4.79 Å². The van der Waals surface area contributed by atoms with Gasteiger partial charge >= 0.3 is 0 Å². The third-order valence-corrected chi connectivity index (χ3v) is 2.88. The van der Waals surface area contributed by atoms with Crippen LogP contribution in [0, 0.1) is 0 Å². The Morgan fingerprint density at radius 1 is 1.00 bits per heavy atom. The van der Waals surface area contributed by atoms with Gasteiger partial charge in [0, 0.05) is 6.42 Å². The fourth-order valence-corrected chi connectivity index (χ4v) is 1.67. The Labute approximate surface area is 107 Å². The molecule has 3 heteroatoms. The standard InChI is InChI=1S/C13H27NO.ClH/c1-3-5-6-7-8-9-10-11-13(15)12(14)4-2;/h12H,3-11,14H2,1-2H3;1H/t12-;/m0./s1. The lowest BCUT2D eigenvalue weighted by Crippen LogP contribution is -2.29. The van der Waals surface area contributed by atoms with E-state index in [4.69, 9.17) is 5.73 Å². The summed E-state index contributed by atoms with van der Waals surface area (Å²) in [5, 5.41) is 0. The van der Waals surface area contributed by atoms with Gasteiger partial charge in [0.05, 0.1) is 6.04 Å². The zero-order chi connectivity index (χ0) is 11.5. The average molecular weight is 250 g/mol. The van der Waals surface area contributed by atoms with Crippen LogP contribution < -0.4 is 5.73 Å². The maximum Gasteiger partial charge on any atom is 0.149 e. The monoisotopic (exact) mass is 249 g/mol. The van der Waals surface area contributed by atoms with Gasteiger partial charge in [0.25, 0.3) is 0 Å². The van der Waals surface area contributed by atoms with E-state index in [1.807, 2.05) is 6.92 Å². The summed E-state index contributed by atoms with van der Waals surface area (Å²) in [6, 6.07) is -0.218. The number of halogens is 1. The SMILES string of the molecule is CCCCCCCCCC(=O)[C@@H](N)CC.Cl. The molecule has 2 N–H and O–H groups in total. The summed E-state index contributed by atoms with van der Waals surface area (Å²) in [4.78, 5) is 11.4. The van der Waals surface area contributed by atoms with Crippen LogP contribution in [0.25, 0.3) is 0 Å². The number of carbonyl (C=O) groups excluding carboxylic acids is 1. The molecule has 0 aromatic carbocycles. The predicted octanol–water partition coefficient (Wildman–Crippen LogP) is 3.86. The minimum Gasteiger partial charge on any atom is -0.322 e. The Morgan fingerprint density at radius 2 is 1.50 bits per heavy atom. The van der Waals surface area contributed by atoms with Gasteiger partial charge in [-0.1, -0.05) is 52.4 Å². The maximum atomic E-state index is 11.4. The normalized spacial score (nSPS) is 11.9. The van der Waals surface area contributed by atoms with E-state index in [-0.39, 0.29) is 24.2 Å². The number of nitrogens with two attached hydrogens (primary N) is 1. The van der Waals surface area contributed by atoms with E-state index in [1.165, 1.54) is 38.5 Å². The molecule has 0 heterocycles. The van der Waals surface area contributed by atoms with Crippen molar-refractivity contribution in [2.75, 3.05) is 0 Å². The quantitative estimate of drug-likeness (QED) is 0.598. The lowest BCUT2D eigenvalue weighted by molar-refractivity contribution is -0.120. The summed E-state index contributed by atoms with van der Waals surface area (Å²) in [6.07, 6.45) is 10.3. The highest BCUT2D eigenvalue weighted by Crippen LogP contribution is 2.09. The molecule has 0 aromatic heterocycles. The molecule has 0 bridgehead atoms. The number of ketones is 1. The van der Waals surface area contributed by atoms with E-state index >= 15 is 0 Å². The topological polar surface area (TPSA) is 43.1 Å². The lowest BCUT2D eigenvalue weighted by Gasteiger charge is -2.06. The van der Waals surface area contributed by atoms with Crippen LogP contribution in [0.15, 0.2) is 0 Å². The molecule has 0 aliphatic heterocycles. The first kappa shape index (κ1) is 18.3. The molecule has 0 unspecified atom stereocenters. The molecule has 0 radical (unpaired) electrons. The highest BCUT2D eigenvalue weighted by atomic mass is 35.5. The Morgan fingerprint density at radius 3 is 2.00 bits per heavy atom. The van der Waals surface area contributed by atoms with Crippen LogP contribution >= 0.6 is 12.4 Å². The summed E-state index contributed by atoms with van der Waals surface area (Å²) >= 11 is 0. The van der Waals surface area contributed by atoms with Crippen molar-refractivity contribution in [2.24, 2.45) is 5.73 Å². The zero-order valence-corrected chi connectivity index (χ0v) is 11.7. The fraction of sp³-hybridized carbons (Fsp3) is 0.923. The van der Waals surface area contributed by atoms with Gasteiger partial charge in [-0.15, -0.1) is 12.4 Å². The van der Waals surface area contributed by atoms with Crippen LogP contribution in [-0.4, -0.2) is 11.8 Å². The lowest BCUT2D eigenvalue weighted by atomic mass is 10.0. The van der Waals surface area contributed by atoms with Crippen molar-refractivity contribution in [2.45, 2.75) is 77.7 Å². The molecular formula is C13H28ClNO. The first-order chi connectivity index (χ1) is 7.22. The van der Waals surface area contributed by atoms with Crippen LogP contribution in [0.5, 0.6) is 0 Å². The van der Waals surface area contributed by atoms with E-state index in [2.05, 4.69) is 6.92 Å². The van der Waals surface area contributed by atoms with E-state index in [0.717, 1.165) is 12.8 Å². The third-order valence-electron chi connectivity index (χ3n) is 2.88. The molecule has 2 nitrogen and oxygen atoms in total. The Hall–Kier alpha value is -0.0800. The van der Waals surface area contributed by atoms with Gasteiger partial charge in [-0.2, -0.15) is 0 Å². The van der Waals surface area contributed by atoms with Gasteiger partial charge in [-0.25, -0.2) is 0 Å². The number of hydrogen-bond donors (Lipinski definition) is 1. The highest BCUT2D eigenvalue weighted by molar-refractivity contribution is 5.85. The zero-order valence-electron chi connectivity index (χ0n) is 10.8. The number of unbranched alkanes of at least 4 members (excludes halogenated alkanes) is 6. The van der Waals surface area contributed by atoms with Crippen LogP contribution in [0.3, 0.4) is 0 Å². The largest absolute Gasteiger partial charge is 0.322 e. The molecule has 0 saturated carbocycles. The molecule has 0 amide bonds.